The molecular formula is C52H73N19O12. The Bertz CT molecular complexity index is 2960. The first-order chi connectivity index (χ1) is 39.7. The van der Waals surface area contributed by atoms with Crippen molar-refractivity contribution in [2.75, 3.05) is 32.8 Å². The van der Waals surface area contributed by atoms with Crippen molar-refractivity contribution in [3.05, 3.63) is 72.5 Å². The number of aromatic amines is 3. The van der Waals surface area contributed by atoms with Gasteiger partial charge in [-0.2, -0.15) is 0 Å². The van der Waals surface area contributed by atoms with Gasteiger partial charge in [0.1, 0.15) is 48.3 Å². The van der Waals surface area contributed by atoms with Crippen LogP contribution in [0.25, 0.3) is 10.9 Å². The maximum absolute atomic E-state index is 14.4. The van der Waals surface area contributed by atoms with Gasteiger partial charge in [-0.25, -0.2) is 9.97 Å². The van der Waals surface area contributed by atoms with Gasteiger partial charge in [-0.05, 0) is 56.1 Å². The minimum Gasteiger partial charge on any atom is -0.394 e. The summed E-state index contributed by atoms with van der Waals surface area (Å²) in [5, 5.41) is 34.4. The predicted molar refractivity (Wildman–Crippen MR) is 296 cm³/mol. The lowest BCUT2D eigenvalue weighted by molar-refractivity contribution is -0.142. The smallest absolute Gasteiger partial charge is 0.245 e. The third kappa shape index (κ3) is 18.8. The molecule has 19 N–H and O–H groups in total. The zero-order valence-corrected chi connectivity index (χ0v) is 46.0. The molecular weight excluding hydrogens is 1080 g/mol. The number of hydrogen-bond donors (Lipinski definition) is 16. The molecule has 0 radical (unpaired) electrons. The van der Waals surface area contributed by atoms with Gasteiger partial charge >= 0.3 is 0 Å². The molecule has 0 aliphatic carbocycles. The fourth-order valence-electron chi connectivity index (χ4n) is 9.54. The molecule has 4 aromatic rings. The molecule has 2 fully saturated rings. The Kier molecular flexibility index (Phi) is 23.0. The Hall–Kier alpha value is -9.42. The molecule has 0 unspecified atom stereocenters. The van der Waals surface area contributed by atoms with Gasteiger partial charge in [-0.1, -0.05) is 32.0 Å². The van der Waals surface area contributed by atoms with Crippen LogP contribution < -0.4 is 65.1 Å². The minimum atomic E-state index is -1.73. The van der Waals surface area contributed by atoms with Crippen LogP contribution in [0.1, 0.15) is 75.7 Å². The van der Waals surface area contributed by atoms with Gasteiger partial charge < -0.3 is 90.0 Å². The minimum absolute atomic E-state index is 0.0248. The molecule has 5 heterocycles. The Morgan fingerprint density at radius 1 is 0.711 bits per heavy atom. The number of aliphatic hydroxyl groups excluding tert-OH is 1. The van der Waals surface area contributed by atoms with Crippen molar-refractivity contribution in [1.82, 2.24) is 77.7 Å². The fourth-order valence-corrected chi connectivity index (χ4v) is 9.54. The number of nitrogens with one attached hydrogen (secondary N) is 12. The Balaban J connectivity index is 1.14. The van der Waals surface area contributed by atoms with Crippen LogP contribution >= 0.6 is 0 Å². The zero-order chi connectivity index (χ0) is 60.2. The fraction of sp³-hybridized carbons (Fsp3) is 0.500. The van der Waals surface area contributed by atoms with Gasteiger partial charge in [-0.3, -0.25) is 57.7 Å². The molecule has 0 saturated carbocycles. The van der Waals surface area contributed by atoms with Crippen LogP contribution in [-0.4, -0.2) is 187 Å². The first kappa shape index (κ1) is 62.8. The van der Waals surface area contributed by atoms with Gasteiger partial charge in [0.15, 0.2) is 5.96 Å². The van der Waals surface area contributed by atoms with Crippen LogP contribution in [0.5, 0.6) is 0 Å². The van der Waals surface area contributed by atoms with Crippen molar-refractivity contribution >= 4 is 81.8 Å². The van der Waals surface area contributed by atoms with Gasteiger partial charge in [0.2, 0.25) is 65.0 Å². The highest BCUT2D eigenvalue weighted by molar-refractivity contribution is 5.99. The Labute approximate surface area is 475 Å². The maximum atomic E-state index is 14.4. The predicted octanol–water partition coefficient (Wildman–Crippen LogP) is -5.37. The second kappa shape index (κ2) is 30.4. The number of imidazole rings is 2. The number of carbonyl (C=O) groups is 11. The summed E-state index contributed by atoms with van der Waals surface area (Å²) in [6.45, 7) is 1.69. The number of aromatic nitrogens is 5. The van der Waals surface area contributed by atoms with Gasteiger partial charge in [0, 0.05) is 79.7 Å². The number of hydrogen-bond acceptors (Lipinski definition) is 15. The molecule has 2 aliphatic heterocycles. The second-order valence-electron chi connectivity index (χ2n) is 20.6. The van der Waals surface area contributed by atoms with E-state index in [0.29, 0.717) is 28.8 Å². The van der Waals surface area contributed by atoms with E-state index in [-0.39, 0.29) is 88.7 Å². The number of nitrogens with two attached hydrogens (primary N) is 3. The number of rotatable bonds is 31. The van der Waals surface area contributed by atoms with Crippen LogP contribution in [0.2, 0.25) is 0 Å². The van der Waals surface area contributed by atoms with E-state index in [4.69, 9.17) is 17.2 Å². The molecule has 83 heavy (non-hydrogen) atoms. The number of carbonyl (C=O) groups excluding carboxylic acids is 11. The summed E-state index contributed by atoms with van der Waals surface area (Å²) in [7, 11) is 0. The lowest BCUT2D eigenvalue weighted by atomic mass is 10.0. The summed E-state index contributed by atoms with van der Waals surface area (Å²) in [6, 6.07) is -3.10. The molecule has 8 atom stereocenters. The van der Waals surface area contributed by atoms with Crippen molar-refractivity contribution in [3.8, 4) is 0 Å². The van der Waals surface area contributed by atoms with Crippen molar-refractivity contribution in [2.24, 2.45) is 28.1 Å². The lowest BCUT2D eigenvalue weighted by Gasteiger charge is -2.30. The van der Waals surface area contributed by atoms with Crippen LogP contribution in [0.4, 0.5) is 0 Å². The third-order valence-corrected chi connectivity index (χ3v) is 13.7. The van der Waals surface area contributed by atoms with E-state index in [9.17, 15) is 57.8 Å². The molecule has 0 spiro atoms. The second-order valence-corrected chi connectivity index (χ2v) is 20.6. The molecule has 11 amide bonds. The third-order valence-electron chi connectivity index (χ3n) is 13.7. The molecule has 1 aromatic carbocycles. The highest BCUT2D eigenvalue weighted by atomic mass is 16.3. The van der Waals surface area contributed by atoms with Gasteiger partial charge in [-0.15, -0.1) is 0 Å². The van der Waals surface area contributed by atoms with Crippen molar-refractivity contribution in [1.29, 1.82) is 0 Å². The highest BCUT2D eigenvalue weighted by Crippen LogP contribution is 2.22. The maximum Gasteiger partial charge on any atom is 0.245 e. The van der Waals surface area contributed by atoms with E-state index in [1.54, 1.807) is 44.3 Å². The van der Waals surface area contributed by atoms with E-state index in [0.717, 1.165) is 5.52 Å². The summed E-state index contributed by atoms with van der Waals surface area (Å²) < 4.78 is 0. The number of aliphatic imine (C=N–C) groups is 1. The first-order valence-electron chi connectivity index (χ1n) is 27.1. The first-order valence-corrected chi connectivity index (χ1v) is 27.1. The summed E-state index contributed by atoms with van der Waals surface area (Å²) in [6.07, 6.45) is 8.06. The summed E-state index contributed by atoms with van der Waals surface area (Å²) in [4.78, 5) is 170. The summed E-state index contributed by atoms with van der Waals surface area (Å²) in [5.41, 5.74) is 18.3. The summed E-state index contributed by atoms with van der Waals surface area (Å²) >= 11 is 0. The number of fused-ring (bicyclic) bond motifs is 1. The van der Waals surface area contributed by atoms with E-state index >= 15 is 0 Å². The van der Waals surface area contributed by atoms with Crippen molar-refractivity contribution in [2.45, 2.75) is 126 Å². The topological polar surface area (TPSA) is 483 Å². The van der Waals surface area contributed by atoms with E-state index in [1.807, 2.05) is 0 Å². The Morgan fingerprint density at radius 3 is 1.93 bits per heavy atom. The van der Waals surface area contributed by atoms with Crippen LogP contribution in [0, 0.1) is 5.92 Å². The van der Waals surface area contributed by atoms with Crippen molar-refractivity contribution in [3.63, 3.8) is 0 Å². The molecule has 6 rings (SSSR count). The zero-order valence-electron chi connectivity index (χ0n) is 46.0. The lowest BCUT2D eigenvalue weighted by Crippen LogP contribution is -2.60. The quantitative estimate of drug-likeness (QED) is 0.0127. The molecule has 31 heteroatoms. The van der Waals surface area contributed by atoms with Crippen LogP contribution in [0.3, 0.4) is 0 Å². The number of primary amides is 1. The number of nitrogens with zero attached hydrogens (tertiary/aromatic N) is 4. The van der Waals surface area contributed by atoms with Crippen LogP contribution in [0.15, 0.2) is 60.5 Å². The normalized spacial score (nSPS) is 16.9. The van der Waals surface area contributed by atoms with E-state index in [2.05, 4.69) is 77.8 Å². The number of benzene rings is 1. The van der Waals surface area contributed by atoms with Crippen LogP contribution in [-0.2, 0) is 72.0 Å². The molecule has 2 aliphatic rings. The summed E-state index contributed by atoms with van der Waals surface area (Å²) in [5.74, 6) is -8.62. The number of H-pyrrole nitrogens is 3. The largest absolute Gasteiger partial charge is 0.394 e. The number of amides is 11. The number of likely N-dealkylation sites (tertiary alicyclic amines) is 1. The molecule has 0 bridgehead atoms. The molecule has 31 nitrogen and oxygen atoms in total. The number of aliphatic hydroxyl groups is 1. The van der Waals surface area contributed by atoms with Crippen molar-refractivity contribution < 1.29 is 57.8 Å². The monoisotopic (exact) mass is 1160 g/mol. The number of para-hydroxylation sites is 1. The highest BCUT2D eigenvalue weighted by Gasteiger charge is 2.39. The standard InChI is InChI=1S/C52H73N19O12/c1-27(2)15-35(46(78)66-34(9-5-13-58-52(54)55)51(83)71-14-6-10-40(71)50(82)60-22-41(53)73)65-43(75)23-61-44(76)37(17-29-20-56-25-62-29)68-49(81)39(24-72)70-47(79)36(16-28-19-59-32-8-4-3-7-31(28)32)67-48(80)38(18-30-21-57-26-63-30)69-45(77)33-11-12-42(74)64-33/h3-4,7-8,19-21,25-27,33-40,59,72H,5-6,9-18,22-24H2,1-2H3,(H2,53,73)(H,56,62)(H,57,63)(H,60,82)(H,61,76)(H,64,74)(H,65,75)(H,66,78)(H,67,80)(H,68,81)(H,69,77)(H,70,79)(H4,54,55,58)/t33-,34-,35-,36-,37-,38-,39-,40-/m0/s1. The molecule has 448 valence electrons. The number of guanidine groups is 1. The average molecular weight is 1160 g/mol. The molecule has 2 saturated heterocycles. The average Bonchev–Trinajstić information content (AvgIpc) is 4.37. The van der Waals surface area contributed by atoms with Gasteiger partial charge in [0.25, 0.3) is 0 Å². The van der Waals surface area contributed by atoms with E-state index in [1.165, 1.54) is 29.9 Å². The van der Waals surface area contributed by atoms with E-state index < -0.39 is 127 Å². The SMILES string of the molecule is CC(C)C[C@H](NC(=O)CNC(=O)[C@H](Cc1cnc[nH]1)NC(=O)[C@H](CO)NC(=O)[C@H](Cc1c[nH]c2ccccc12)NC(=O)[C@H](Cc1cnc[nH]1)NC(=O)[C@@H]1CCC(=O)N1)C(=O)N[C@@H](CCCN=C(N)N)C(=O)N1CCC[C@H]1C(=O)NCC(N)=O. The Morgan fingerprint density at radius 2 is 1.33 bits per heavy atom. The van der Waals surface area contributed by atoms with Gasteiger partial charge in [0.05, 0.1) is 32.4 Å². The molecule has 3 aromatic heterocycles.